The number of nitrogens with one attached hydrogen (secondary N) is 1. The van der Waals surface area contributed by atoms with Gasteiger partial charge in [-0.05, 0) is 31.0 Å². The molecular weight excluding hydrogens is 304 g/mol. The molecule has 1 aromatic heterocycles. The molecule has 6 nitrogen and oxygen atoms in total. The summed E-state index contributed by atoms with van der Waals surface area (Å²) in [5, 5.41) is 2.96. The van der Waals surface area contributed by atoms with Crippen molar-refractivity contribution in [1.29, 1.82) is 0 Å². The molecule has 1 aliphatic heterocycles. The average Bonchev–Trinajstić information content (AvgIpc) is 2.62. The van der Waals surface area contributed by atoms with Gasteiger partial charge in [0.2, 0.25) is 5.95 Å². The van der Waals surface area contributed by atoms with E-state index in [1.807, 2.05) is 36.1 Å². The summed E-state index contributed by atoms with van der Waals surface area (Å²) in [5.74, 6) is 0.378. The van der Waals surface area contributed by atoms with Crippen molar-refractivity contribution in [2.24, 2.45) is 0 Å². The van der Waals surface area contributed by atoms with E-state index in [9.17, 15) is 4.79 Å². The second-order valence-corrected chi connectivity index (χ2v) is 5.76. The lowest BCUT2D eigenvalue weighted by atomic mass is 10.1. The van der Waals surface area contributed by atoms with Crippen molar-refractivity contribution in [1.82, 2.24) is 9.97 Å². The van der Waals surface area contributed by atoms with Crippen molar-refractivity contribution in [2.45, 2.75) is 20.3 Å². The molecule has 1 fully saturated rings. The zero-order chi connectivity index (χ0) is 16.9. The molecule has 1 aromatic carbocycles. The smallest absolute Gasteiger partial charge is 0.274 e. The van der Waals surface area contributed by atoms with Crippen LogP contribution < -0.4 is 10.2 Å². The second kappa shape index (κ2) is 7.40. The summed E-state index contributed by atoms with van der Waals surface area (Å²) in [7, 11) is 0. The third kappa shape index (κ3) is 3.71. The fourth-order valence-corrected chi connectivity index (χ4v) is 2.71. The second-order valence-electron chi connectivity index (χ2n) is 5.76. The largest absolute Gasteiger partial charge is 0.378 e. The summed E-state index contributed by atoms with van der Waals surface area (Å²) in [6, 6.07) is 9.53. The zero-order valence-corrected chi connectivity index (χ0v) is 14.1. The van der Waals surface area contributed by atoms with Gasteiger partial charge in [-0.3, -0.25) is 4.79 Å². The highest BCUT2D eigenvalue weighted by molar-refractivity contribution is 6.03. The molecule has 0 saturated carbocycles. The van der Waals surface area contributed by atoms with Gasteiger partial charge in [-0.1, -0.05) is 25.1 Å². The fourth-order valence-electron chi connectivity index (χ4n) is 2.71. The molecule has 0 spiro atoms. The number of morpholine rings is 1. The molecule has 0 radical (unpaired) electrons. The molecule has 1 aliphatic rings. The van der Waals surface area contributed by atoms with E-state index in [2.05, 4.69) is 22.2 Å². The lowest BCUT2D eigenvalue weighted by Gasteiger charge is -2.27. The first-order valence-corrected chi connectivity index (χ1v) is 8.25. The number of hydrogen-bond acceptors (Lipinski definition) is 5. The predicted molar refractivity (Wildman–Crippen MR) is 93.6 cm³/mol. The number of aromatic nitrogens is 2. The highest BCUT2D eigenvalue weighted by Gasteiger charge is 2.17. The fraction of sp³-hybridized carbons (Fsp3) is 0.389. The maximum atomic E-state index is 12.6. The summed E-state index contributed by atoms with van der Waals surface area (Å²) >= 11 is 0. The van der Waals surface area contributed by atoms with Crippen LogP contribution in [0.25, 0.3) is 0 Å². The van der Waals surface area contributed by atoms with E-state index in [1.54, 1.807) is 6.07 Å². The molecule has 1 amide bonds. The number of carbonyl (C=O) groups is 1. The molecule has 0 aliphatic carbocycles. The quantitative estimate of drug-likeness (QED) is 0.935. The van der Waals surface area contributed by atoms with Crippen molar-refractivity contribution in [3.63, 3.8) is 0 Å². The number of benzene rings is 1. The Balaban J connectivity index is 1.83. The van der Waals surface area contributed by atoms with Gasteiger partial charge in [-0.15, -0.1) is 0 Å². The number of carbonyl (C=O) groups excluding carboxylic acids is 1. The highest BCUT2D eigenvalue weighted by atomic mass is 16.5. The van der Waals surface area contributed by atoms with Crippen LogP contribution in [-0.4, -0.2) is 42.2 Å². The third-order valence-electron chi connectivity index (χ3n) is 4.02. The minimum atomic E-state index is -0.212. The maximum absolute atomic E-state index is 12.6. The van der Waals surface area contributed by atoms with Crippen LogP contribution in [-0.2, 0) is 11.2 Å². The Morgan fingerprint density at radius 2 is 2.00 bits per heavy atom. The van der Waals surface area contributed by atoms with Gasteiger partial charge in [0, 0.05) is 24.5 Å². The number of ether oxygens (including phenoxy) is 1. The van der Waals surface area contributed by atoms with Gasteiger partial charge in [0.15, 0.2) is 0 Å². The normalized spacial score (nSPS) is 14.5. The Bertz CT molecular complexity index is 727. The van der Waals surface area contributed by atoms with E-state index in [4.69, 9.17) is 4.74 Å². The van der Waals surface area contributed by atoms with Crippen LogP contribution in [0.4, 0.5) is 11.6 Å². The first-order chi connectivity index (χ1) is 11.7. The molecule has 1 N–H and O–H groups in total. The van der Waals surface area contributed by atoms with Gasteiger partial charge in [-0.2, -0.15) is 0 Å². The van der Waals surface area contributed by atoms with Crippen LogP contribution >= 0.6 is 0 Å². The molecule has 1 saturated heterocycles. The van der Waals surface area contributed by atoms with Crippen molar-refractivity contribution >= 4 is 17.5 Å². The molecule has 0 bridgehead atoms. The van der Waals surface area contributed by atoms with Crippen LogP contribution in [0.2, 0.25) is 0 Å². The SMILES string of the molecule is CCc1ccccc1NC(=O)c1cc(C)nc(N2CCOCC2)n1. The minimum Gasteiger partial charge on any atom is -0.378 e. The average molecular weight is 326 g/mol. The number of anilines is 2. The van der Waals surface area contributed by atoms with Crippen molar-refractivity contribution in [3.8, 4) is 0 Å². The van der Waals surface area contributed by atoms with Crippen LogP contribution in [0.3, 0.4) is 0 Å². The highest BCUT2D eigenvalue weighted by Crippen LogP contribution is 2.18. The summed E-state index contributed by atoms with van der Waals surface area (Å²) in [6.07, 6.45) is 0.859. The summed E-state index contributed by atoms with van der Waals surface area (Å²) in [5.41, 5.74) is 3.09. The lowest BCUT2D eigenvalue weighted by Crippen LogP contribution is -2.37. The summed E-state index contributed by atoms with van der Waals surface area (Å²) in [6.45, 7) is 6.73. The molecule has 24 heavy (non-hydrogen) atoms. The predicted octanol–water partition coefficient (Wildman–Crippen LogP) is 2.44. The Morgan fingerprint density at radius 3 is 2.75 bits per heavy atom. The Hall–Kier alpha value is -2.47. The minimum absolute atomic E-state index is 0.212. The molecular formula is C18H22N4O2. The number of hydrogen-bond donors (Lipinski definition) is 1. The first-order valence-electron chi connectivity index (χ1n) is 8.25. The molecule has 2 aromatic rings. The Morgan fingerprint density at radius 1 is 1.25 bits per heavy atom. The lowest BCUT2D eigenvalue weighted by molar-refractivity contribution is 0.102. The van der Waals surface area contributed by atoms with Crippen LogP contribution in [0.1, 0.15) is 28.7 Å². The topological polar surface area (TPSA) is 67.4 Å². The Kier molecular flexibility index (Phi) is 5.05. The summed E-state index contributed by atoms with van der Waals surface area (Å²) in [4.78, 5) is 23.6. The van der Waals surface area contributed by atoms with Gasteiger partial charge in [0.1, 0.15) is 5.69 Å². The molecule has 0 unspecified atom stereocenters. The molecule has 2 heterocycles. The number of para-hydroxylation sites is 1. The van der Waals surface area contributed by atoms with Gasteiger partial charge < -0.3 is 15.0 Å². The maximum Gasteiger partial charge on any atom is 0.274 e. The standard InChI is InChI=1S/C18H22N4O2/c1-3-14-6-4-5-7-15(14)20-17(23)16-12-13(2)19-18(21-16)22-8-10-24-11-9-22/h4-7,12H,3,8-11H2,1-2H3,(H,20,23). The van der Waals surface area contributed by atoms with Gasteiger partial charge in [-0.25, -0.2) is 9.97 Å². The molecule has 6 heteroatoms. The molecule has 126 valence electrons. The van der Waals surface area contributed by atoms with Crippen molar-refractivity contribution in [3.05, 3.63) is 47.3 Å². The van der Waals surface area contributed by atoms with E-state index in [1.165, 1.54) is 0 Å². The zero-order valence-electron chi connectivity index (χ0n) is 14.1. The number of nitrogens with zero attached hydrogens (tertiary/aromatic N) is 3. The van der Waals surface area contributed by atoms with Crippen LogP contribution in [0.15, 0.2) is 30.3 Å². The monoisotopic (exact) mass is 326 g/mol. The van der Waals surface area contributed by atoms with E-state index < -0.39 is 0 Å². The van der Waals surface area contributed by atoms with E-state index >= 15 is 0 Å². The van der Waals surface area contributed by atoms with Gasteiger partial charge in [0.05, 0.1) is 13.2 Å². The summed E-state index contributed by atoms with van der Waals surface area (Å²) < 4.78 is 5.36. The molecule has 3 rings (SSSR count). The van der Waals surface area contributed by atoms with E-state index in [-0.39, 0.29) is 5.91 Å². The third-order valence-corrected chi connectivity index (χ3v) is 4.02. The molecule has 0 atom stereocenters. The number of rotatable bonds is 4. The van der Waals surface area contributed by atoms with Crippen LogP contribution in [0, 0.1) is 6.92 Å². The van der Waals surface area contributed by atoms with Crippen molar-refractivity contribution in [2.75, 3.05) is 36.5 Å². The van der Waals surface area contributed by atoms with E-state index in [0.29, 0.717) is 24.9 Å². The van der Waals surface area contributed by atoms with Gasteiger partial charge >= 0.3 is 0 Å². The number of aryl methyl sites for hydroxylation is 2. The van der Waals surface area contributed by atoms with Crippen molar-refractivity contribution < 1.29 is 9.53 Å². The van der Waals surface area contributed by atoms with E-state index in [0.717, 1.165) is 36.5 Å². The Labute approximate surface area is 141 Å². The van der Waals surface area contributed by atoms with Crippen LogP contribution in [0.5, 0.6) is 0 Å². The number of amides is 1. The first kappa shape index (κ1) is 16.4. The van der Waals surface area contributed by atoms with Gasteiger partial charge in [0.25, 0.3) is 5.91 Å².